The van der Waals surface area contributed by atoms with Crippen molar-refractivity contribution in [1.82, 2.24) is 9.88 Å². The molecule has 2 heterocycles. The van der Waals surface area contributed by atoms with E-state index in [9.17, 15) is 4.39 Å². The molecule has 1 atom stereocenters. The molecule has 2 aromatic rings. The summed E-state index contributed by atoms with van der Waals surface area (Å²) in [5, 5.41) is 4.31. The molecule has 0 spiro atoms. The lowest BCUT2D eigenvalue weighted by Gasteiger charge is -2.20. The van der Waals surface area contributed by atoms with Gasteiger partial charge in [-0.25, -0.2) is 9.37 Å². The lowest BCUT2D eigenvalue weighted by atomic mass is 10.1. The van der Waals surface area contributed by atoms with Gasteiger partial charge in [0, 0.05) is 25.2 Å². The highest BCUT2D eigenvalue weighted by Gasteiger charge is 2.24. The minimum absolute atomic E-state index is 0.224. The maximum Gasteiger partial charge on any atom is 0.183 e. The van der Waals surface area contributed by atoms with Gasteiger partial charge in [0.2, 0.25) is 0 Å². The van der Waals surface area contributed by atoms with Crippen LogP contribution in [0.4, 0.5) is 9.52 Å². The smallest absolute Gasteiger partial charge is 0.183 e. The summed E-state index contributed by atoms with van der Waals surface area (Å²) in [7, 11) is 0. The third kappa shape index (κ3) is 2.94. The van der Waals surface area contributed by atoms with Crippen LogP contribution >= 0.6 is 11.3 Å². The first kappa shape index (κ1) is 13.8. The second kappa shape index (κ2) is 5.66. The molecule has 108 valence electrons. The van der Waals surface area contributed by atoms with Gasteiger partial charge in [-0.05, 0) is 44.9 Å². The van der Waals surface area contributed by atoms with Crippen LogP contribution < -0.4 is 5.32 Å². The summed E-state index contributed by atoms with van der Waals surface area (Å²) in [6.07, 6.45) is 1.24. The van der Waals surface area contributed by atoms with Gasteiger partial charge in [0.1, 0.15) is 5.82 Å². The summed E-state index contributed by atoms with van der Waals surface area (Å²) in [6.45, 7) is 7.79. The number of thiazole rings is 1. The van der Waals surface area contributed by atoms with Gasteiger partial charge in [0.15, 0.2) is 5.13 Å². The molecule has 0 saturated carbocycles. The summed E-state index contributed by atoms with van der Waals surface area (Å²) in [6, 6.07) is 5.41. The van der Waals surface area contributed by atoms with E-state index in [1.807, 2.05) is 0 Å². The topological polar surface area (TPSA) is 28.2 Å². The van der Waals surface area contributed by atoms with E-state index < -0.39 is 0 Å². The summed E-state index contributed by atoms with van der Waals surface area (Å²) in [4.78, 5) is 6.96. The van der Waals surface area contributed by atoms with Crippen LogP contribution in [0.1, 0.15) is 20.3 Å². The van der Waals surface area contributed by atoms with Crippen molar-refractivity contribution in [2.75, 3.05) is 25.0 Å². The number of nitrogens with one attached hydrogen (secondary N) is 1. The Hall–Kier alpha value is -1.20. The van der Waals surface area contributed by atoms with Crippen LogP contribution in [0.15, 0.2) is 18.2 Å². The number of hydrogen-bond donors (Lipinski definition) is 1. The maximum absolute atomic E-state index is 13.1. The highest BCUT2D eigenvalue weighted by atomic mass is 32.1. The summed E-state index contributed by atoms with van der Waals surface area (Å²) in [5.74, 6) is 0.457. The van der Waals surface area contributed by atoms with Gasteiger partial charge in [0.05, 0.1) is 10.2 Å². The van der Waals surface area contributed by atoms with E-state index in [1.54, 1.807) is 17.4 Å². The predicted molar refractivity (Wildman–Crippen MR) is 82.9 cm³/mol. The van der Waals surface area contributed by atoms with E-state index >= 15 is 0 Å². The molecule has 20 heavy (non-hydrogen) atoms. The van der Waals surface area contributed by atoms with Gasteiger partial charge in [-0.2, -0.15) is 0 Å². The standard InChI is InChI=1S/C15H20FN3S/c1-10(2)19-6-5-11(9-19)8-17-15-18-13-7-12(16)3-4-14(13)20-15/h3-4,7,10-11H,5-6,8-9H2,1-2H3,(H,17,18). The van der Waals surface area contributed by atoms with E-state index in [4.69, 9.17) is 0 Å². The van der Waals surface area contributed by atoms with E-state index in [2.05, 4.69) is 29.0 Å². The predicted octanol–water partition coefficient (Wildman–Crippen LogP) is 3.58. The van der Waals surface area contributed by atoms with Crippen LogP contribution in [0, 0.1) is 11.7 Å². The number of nitrogens with zero attached hydrogens (tertiary/aromatic N) is 2. The molecule has 0 aliphatic carbocycles. The molecule has 1 aromatic heterocycles. The Morgan fingerprint density at radius 3 is 3.10 bits per heavy atom. The third-order valence-electron chi connectivity index (χ3n) is 3.94. The van der Waals surface area contributed by atoms with Crippen molar-refractivity contribution >= 4 is 26.7 Å². The van der Waals surface area contributed by atoms with Crippen molar-refractivity contribution in [2.24, 2.45) is 5.92 Å². The first-order chi connectivity index (χ1) is 9.61. The number of hydrogen-bond acceptors (Lipinski definition) is 4. The van der Waals surface area contributed by atoms with Crippen molar-refractivity contribution < 1.29 is 4.39 Å². The Bertz CT molecular complexity index is 596. The maximum atomic E-state index is 13.1. The van der Waals surface area contributed by atoms with Gasteiger partial charge >= 0.3 is 0 Å². The Morgan fingerprint density at radius 1 is 1.50 bits per heavy atom. The Balaban J connectivity index is 1.60. The number of rotatable bonds is 4. The molecule has 1 aliphatic heterocycles. The number of halogens is 1. The monoisotopic (exact) mass is 293 g/mol. The van der Waals surface area contributed by atoms with Gasteiger partial charge in [0.25, 0.3) is 0 Å². The average Bonchev–Trinajstić information content (AvgIpc) is 3.01. The van der Waals surface area contributed by atoms with Crippen LogP contribution in [-0.4, -0.2) is 35.6 Å². The molecular weight excluding hydrogens is 273 g/mol. The second-order valence-electron chi connectivity index (χ2n) is 5.76. The van der Waals surface area contributed by atoms with Crippen molar-refractivity contribution in [3.8, 4) is 0 Å². The third-order valence-corrected chi connectivity index (χ3v) is 4.93. The Labute approximate surface area is 122 Å². The lowest BCUT2D eigenvalue weighted by Crippen LogP contribution is -2.29. The first-order valence-electron chi connectivity index (χ1n) is 7.16. The second-order valence-corrected chi connectivity index (χ2v) is 6.79. The van der Waals surface area contributed by atoms with Crippen LogP contribution in [0.3, 0.4) is 0 Å². The first-order valence-corrected chi connectivity index (χ1v) is 7.97. The Kier molecular flexibility index (Phi) is 3.89. The number of likely N-dealkylation sites (tertiary alicyclic amines) is 1. The van der Waals surface area contributed by atoms with Gasteiger partial charge in [-0.3, -0.25) is 0 Å². The average molecular weight is 293 g/mol. The molecule has 5 heteroatoms. The highest BCUT2D eigenvalue weighted by molar-refractivity contribution is 7.22. The van der Waals surface area contributed by atoms with Crippen molar-refractivity contribution in [3.05, 3.63) is 24.0 Å². The number of benzene rings is 1. The molecule has 1 aliphatic rings. The zero-order chi connectivity index (χ0) is 14.1. The van der Waals surface area contributed by atoms with Crippen molar-refractivity contribution in [2.45, 2.75) is 26.3 Å². The van der Waals surface area contributed by atoms with E-state index in [1.165, 1.54) is 25.1 Å². The zero-order valence-corrected chi connectivity index (χ0v) is 12.7. The number of fused-ring (bicyclic) bond motifs is 1. The fraction of sp³-hybridized carbons (Fsp3) is 0.533. The molecule has 0 bridgehead atoms. The number of anilines is 1. The van der Waals surface area contributed by atoms with Gasteiger partial charge < -0.3 is 10.2 Å². The fourth-order valence-electron chi connectivity index (χ4n) is 2.71. The fourth-order valence-corrected chi connectivity index (χ4v) is 3.56. The summed E-state index contributed by atoms with van der Waals surface area (Å²) < 4.78 is 14.2. The molecule has 3 nitrogen and oxygen atoms in total. The molecular formula is C15H20FN3S. The SMILES string of the molecule is CC(C)N1CCC(CNc2nc3cc(F)ccc3s2)C1. The minimum atomic E-state index is -0.224. The molecule has 1 saturated heterocycles. The molecule has 3 rings (SSSR count). The highest BCUT2D eigenvalue weighted by Crippen LogP contribution is 2.27. The normalized spacial score (nSPS) is 20.1. The molecule has 0 radical (unpaired) electrons. The molecule has 0 amide bonds. The summed E-state index contributed by atoms with van der Waals surface area (Å²) >= 11 is 1.59. The van der Waals surface area contributed by atoms with Crippen molar-refractivity contribution in [1.29, 1.82) is 0 Å². The van der Waals surface area contributed by atoms with Crippen molar-refractivity contribution in [3.63, 3.8) is 0 Å². The molecule has 1 fully saturated rings. The molecule has 1 aromatic carbocycles. The quantitative estimate of drug-likeness (QED) is 0.934. The minimum Gasteiger partial charge on any atom is -0.361 e. The van der Waals surface area contributed by atoms with Crippen LogP contribution in [0.5, 0.6) is 0 Å². The van der Waals surface area contributed by atoms with Gasteiger partial charge in [-0.15, -0.1) is 0 Å². The van der Waals surface area contributed by atoms with Crippen LogP contribution in [0.2, 0.25) is 0 Å². The van der Waals surface area contributed by atoms with Crippen LogP contribution in [0.25, 0.3) is 10.2 Å². The van der Waals surface area contributed by atoms with E-state index in [0.717, 1.165) is 28.4 Å². The summed E-state index contributed by atoms with van der Waals surface area (Å²) in [5.41, 5.74) is 0.743. The van der Waals surface area contributed by atoms with E-state index in [-0.39, 0.29) is 5.82 Å². The van der Waals surface area contributed by atoms with E-state index in [0.29, 0.717) is 12.0 Å². The number of aromatic nitrogens is 1. The molecule has 1 N–H and O–H groups in total. The van der Waals surface area contributed by atoms with Gasteiger partial charge in [-0.1, -0.05) is 11.3 Å². The van der Waals surface area contributed by atoms with Crippen LogP contribution in [-0.2, 0) is 0 Å². The Morgan fingerprint density at radius 2 is 2.35 bits per heavy atom. The lowest BCUT2D eigenvalue weighted by molar-refractivity contribution is 0.266. The largest absolute Gasteiger partial charge is 0.361 e. The molecule has 1 unspecified atom stereocenters. The zero-order valence-electron chi connectivity index (χ0n) is 11.9.